The van der Waals surface area contributed by atoms with Gasteiger partial charge in [0.15, 0.2) is 0 Å². The third-order valence-electron chi connectivity index (χ3n) is 3.78. The van der Waals surface area contributed by atoms with Crippen LogP contribution in [0.15, 0.2) is 42.7 Å². The molecule has 0 aliphatic rings. The second-order valence-corrected chi connectivity index (χ2v) is 5.82. The Kier molecular flexibility index (Phi) is 5.71. The number of carbonyl (C=O) groups is 1. The highest BCUT2D eigenvalue weighted by molar-refractivity contribution is 5.90. The van der Waals surface area contributed by atoms with Gasteiger partial charge in [-0.25, -0.2) is 22.0 Å². The molecule has 28 heavy (non-hydrogen) atoms. The second kappa shape index (κ2) is 8.19. The fraction of sp³-hybridized carbons (Fsp3) is 0.235. The van der Waals surface area contributed by atoms with Crippen LogP contribution in [0.25, 0.3) is 0 Å². The average molecular weight is 399 g/mol. The van der Waals surface area contributed by atoms with Crippen molar-refractivity contribution in [1.82, 2.24) is 19.6 Å². The van der Waals surface area contributed by atoms with Crippen molar-refractivity contribution in [3.63, 3.8) is 0 Å². The lowest BCUT2D eigenvalue weighted by Gasteiger charge is -2.07. The fourth-order valence-electron chi connectivity index (χ4n) is 2.51. The molecule has 1 aromatic carbocycles. The van der Waals surface area contributed by atoms with E-state index < -0.39 is 42.5 Å². The SMILES string of the molecule is O=C(Cn1nc(C(F)F)cc1C(F)F)Nc1cnn(Cc2ccccc2F)c1. The molecule has 0 spiro atoms. The number of rotatable bonds is 7. The van der Waals surface area contributed by atoms with Gasteiger partial charge in [0.25, 0.3) is 12.9 Å². The molecule has 0 saturated carbocycles. The summed E-state index contributed by atoms with van der Waals surface area (Å²) < 4.78 is 66.8. The number of amides is 1. The summed E-state index contributed by atoms with van der Waals surface area (Å²) in [5.74, 6) is -1.16. The standard InChI is InChI=1S/C17H14F5N5O/c18-12-4-2-1-3-10(12)7-26-8-11(6-23-26)24-15(28)9-27-14(17(21)22)5-13(25-27)16(19)20/h1-6,8,16-17H,7,9H2,(H,24,28). The van der Waals surface area contributed by atoms with Gasteiger partial charge in [0, 0.05) is 11.8 Å². The molecular weight excluding hydrogens is 385 g/mol. The lowest BCUT2D eigenvalue weighted by Crippen LogP contribution is -2.21. The van der Waals surface area contributed by atoms with Crippen LogP contribution in [0.5, 0.6) is 0 Å². The van der Waals surface area contributed by atoms with Crippen LogP contribution in [0, 0.1) is 5.82 Å². The summed E-state index contributed by atoms with van der Waals surface area (Å²) >= 11 is 0. The van der Waals surface area contributed by atoms with Crippen molar-refractivity contribution >= 4 is 11.6 Å². The largest absolute Gasteiger partial charge is 0.322 e. The predicted molar refractivity (Wildman–Crippen MR) is 88.5 cm³/mol. The number of carbonyl (C=O) groups excluding carboxylic acids is 1. The molecule has 0 fully saturated rings. The summed E-state index contributed by atoms with van der Waals surface area (Å²) in [5, 5.41) is 9.73. The van der Waals surface area contributed by atoms with E-state index in [1.165, 1.54) is 23.1 Å². The molecule has 0 atom stereocenters. The number of hydrogen-bond donors (Lipinski definition) is 1. The topological polar surface area (TPSA) is 64.7 Å². The summed E-state index contributed by atoms with van der Waals surface area (Å²) in [7, 11) is 0. The van der Waals surface area contributed by atoms with Crippen molar-refractivity contribution in [3.8, 4) is 0 Å². The third-order valence-corrected chi connectivity index (χ3v) is 3.78. The van der Waals surface area contributed by atoms with Crippen LogP contribution in [-0.4, -0.2) is 25.5 Å². The summed E-state index contributed by atoms with van der Waals surface area (Å²) in [5.41, 5.74) is -0.983. The van der Waals surface area contributed by atoms with Crippen molar-refractivity contribution in [1.29, 1.82) is 0 Å². The lowest BCUT2D eigenvalue weighted by atomic mass is 10.2. The summed E-state index contributed by atoms with van der Waals surface area (Å²) in [6.45, 7) is -0.556. The fourth-order valence-corrected chi connectivity index (χ4v) is 2.51. The molecule has 6 nitrogen and oxygen atoms in total. The van der Waals surface area contributed by atoms with Crippen LogP contribution >= 0.6 is 0 Å². The zero-order chi connectivity index (χ0) is 20.3. The minimum absolute atomic E-state index is 0.120. The third kappa shape index (κ3) is 4.53. The van der Waals surface area contributed by atoms with Crippen molar-refractivity contribution in [3.05, 3.63) is 65.5 Å². The van der Waals surface area contributed by atoms with Gasteiger partial charge in [-0.05, 0) is 12.1 Å². The van der Waals surface area contributed by atoms with Gasteiger partial charge < -0.3 is 5.32 Å². The van der Waals surface area contributed by atoms with E-state index in [9.17, 15) is 26.7 Å². The Bertz CT molecular complexity index is 969. The zero-order valence-electron chi connectivity index (χ0n) is 14.2. The summed E-state index contributed by atoms with van der Waals surface area (Å²) in [6, 6.07) is 6.67. The maximum absolute atomic E-state index is 13.7. The van der Waals surface area contributed by atoms with Gasteiger partial charge in [0.2, 0.25) is 5.91 Å². The van der Waals surface area contributed by atoms with Gasteiger partial charge in [-0.2, -0.15) is 10.2 Å². The molecule has 3 rings (SSSR count). The molecule has 0 bridgehead atoms. The molecule has 1 N–H and O–H groups in total. The number of alkyl halides is 4. The van der Waals surface area contributed by atoms with Crippen LogP contribution in [0.2, 0.25) is 0 Å². The van der Waals surface area contributed by atoms with Crippen LogP contribution < -0.4 is 5.32 Å². The van der Waals surface area contributed by atoms with Gasteiger partial charge in [0.1, 0.15) is 23.7 Å². The van der Waals surface area contributed by atoms with Crippen molar-refractivity contribution in [2.24, 2.45) is 0 Å². The zero-order valence-corrected chi connectivity index (χ0v) is 14.2. The molecule has 2 heterocycles. The molecule has 0 aliphatic carbocycles. The first-order valence-electron chi connectivity index (χ1n) is 8.03. The van der Waals surface area contributed by atoms with Crippen LogP contribution in [-0.2, 0) is 17.9 Å². The summed E-state index contributed by atoms with van der Waals surface area (Å²) in [6.07, 6.45) is -3.37. The quantitative estimate of drug-likeness (QED) is 0.615. The van der Waals surface area contributed by atoms with Crippen LogP contribution in [0.1, 0.15) is 29.8 Å². The predicted octanol–water partition coefficient (Wildman–Crippen LogP) is 3.78. The number of nitrogens with one attached hydrogen (secondary N) is 1. The second-order valence-electron chi connectivity index (χ2n) is 5.82. The number of halogens is 5. The normalized spacial score (nSPS) is 11.4. The van der Waals surface area contributed by atoms with Gasteiger partial charge in [-0.15, -0.1) is 0 Å². The molecule has 2 aromatic heterocycles. The molecule has 0 radical (unpaired) electrons. The van der Waals surface area contributed by atoms with E-state index >= 15 is 0 Å². The first-order valence-corrected chi connectivity index (χ1v) is 8.03. The molecular formula is C17H14F5N5O. The Morgan fingerprint density at radius 1 is 1.14 bits per heavy atom. The Labute approximate surface area is 155 Å². The van der Waals surface area contributed by atoms with Gasteiger partial charge in [0.05, 0.1) is 18.4 Å². The Morgan fingerprint density at radius 2 is 1.89 bits per heavy atom. The molecule has 11 heteroatoms. The van der Waals surface area contributed by atoms with E-state index in [4.69, 9.17) is 0 Å². The van der Waals surface area contributed by atoms with Gasteiger partial charge in [-0.1, -0.05) is 18.2 Å². The Balaban J connectivity index is 1.66. The van der Waals surface area contributed by atoms with Crippen molar-refractivity contribution in [2.75, 3.05) is 5.32 Å². The van der Waals surface area contributed by atoms with Crippen LogP contribution in [0.3, 0.4) is 0 Å². The maximum Gasteiger partial charge on any atom is 0.282 e. The lowest BCUT2D eigenvalue weighted by molar-refractivity contribution is -0.117. The van der Waals surface area contributed by atoms with Crippen molar-refractivity contribution in [2.45, 2.75) is 25.9 Å². The maximum atomic E-state index is 13.7. The highest BCUT2D eigenvalue weighted by Crippen LogP contribution is 2.25. The smallest absolute Gasteiger partial charge is 0.282 e. The molecule has 0 aliphatic heterocycles. The molecule has 3 aromatic rings. The van der Waals surface area contributed by atoms with E-state index in [2.05, 4.69) is 15.5 Å². The van der Waals surface area contributed by atoms with E-state index in [1.807, 2.05) is 0 Å². The number of anilines is 1. The van der Waals surface area contributed by atoms with E-state index in [-0.39, 0.29) is 12.2 Å². The highest BCUT2D eigenvalue weighted by Gasteiger charge is 2.22. The van der Waals surface area contributed by atoms with Crippen LogP contribution in [0.4, 0.5) is 27.6 Å². The Hall–Kier alpha value is -3.24. The molecule has 0 saturated heterocycles. The first kappa shape index (κ1) is 19.5. The van der Waals surface area contributed by atoms with E-state index in [1.54, 1.807) is 18.2 Å². The highest BCUT2D eigenvalue weighted by atomic mass is 19.3. The van der Waals surface area contributed by atoms with E-state index in [0.29, 0.717) is 16.3 Å². The Morgan fingerprint density at radius 3 is 2.57 bits per heavy atom. The number of benzene rings is 1. The van der Waals surface area contributed by atoms with Gasteiger partial charge in [-0.3, -0.25) is 14.2 Å². The molecule has 1 amide bonds. The monoisotopic (exact) mass is 399 g/mol. The average Bonchev–Trinajstić information content (AvgIpc) is 3.24. The van der Waals surface area contributed by atoms with Crippen molar-refractivity contribution < 1.29 is 26.7 Å². The first-order chi connectivity index (χ1) is 13.3. The number of hydrogen-bond acceptors (Lipinski definition) is 3. The number of aromatic nitrogens is 4. The molecule has 148 valence electrons. The minimum Gasteiger partial charge on any atom is -0.322 e. The minimum atomic E-state index is -3.06. The summed E-state index contributed by atoms with van der Waals surface area (Å²) in [4.78, 5) is 12.1. The van der Waals surface area contributed by atoms with Gasteiger partial charge >= 0.3 is 0 Å². The van der Waals surface area contributed by atoms with E-state index in [0.717, 1.165) is 0 Å². The molecule has 0 unspecified atom stereocenters. The number of nitrogens with zero attached hydrogens (tertiary/aromatic N) is 4.